The summed E-state index contributed by atoms with van der Waals surface area (Å²) in [5.74, 6) is 0.919. The normalized spacial score (nSPS) is 10.9. The van der Waals surface area contributed by atoms with Crippen LogP contribution in [0, 0.1) is 0 Å². The summed E-state index contributed by atoms with van der Waals surface area (Å²) in [6.45, 7) is 0.873. The molecule has 0 saturated carbocycles. The minimum atomic E-state index is 0.873. The van der Waals surface area contributed by atoms with Crippen LogP contribution in [0.15, 0.2) is 42.6 Å². The van der Waals surface area contributed by atoms with Gasteiger partial charge in [-0.05, 0) is 24.3 Å². The number of rotatable bonds is 4. The van der Waals surface area contributed by atoms with Crippen molar-refractivity contribution in [1.29, 1.82) is 0 Å². The Morgan fingerprint density at radius 1 is 1.22 bits per heavy atom. The van der Waals surface area contributed by atoms with E-state index in [9.17, 15) is 0 Å². The van der Waals surface area contributed by atoms with Crippen LogP contribution in [-0.4, -0.2) is 21.1 Å². The highest BCUT2D eigenvalue weighted by atomic mass is 15.2. The molecule has 0 bridgehead atoms. The summed E-state index contributed by atoms with van der Waals surface area (Å²) in [6.07, 6.45) is 2.92. The van der Waals surface area contributed by atoms with E-state index in [4.69, 9.17) is 0 Å². The fourth-order valence-corrected chi connectivity index (χ4v) is 2.14. The van der Waals surface area contributed by atoms with Gasteiger partial charge in [-0.15, -0.1) is 0 Å². The van der Waals surface area contributed by atoms with Crippen LogP contribution in [0.2, 0.25) is 0 Å². The van der Waals surface area contributed by atoms with Crippen LogP contribution >= 0.6 is 0 Å². The molecular formula is C14H16N4. The Hall–Kier alpha value is -2.23. The lowest BCUT2D eigenvalue weighted by Gasteiger charge is -2.05. The Bertz CT molecular complexity index is 637. The lowest BCUT2D eigenvalue weighted by Crippen LogP contribution is -2.09. The molecule has 0 aliphatic rings. The van der Waals surface area contributed by atoms with Gasteiger partial charge in [-0.2, -0.15) is 0 Å². The predicted octanol–water partition coefficient (Wildman–Crippen LogP) is 2.56. The molecule has 0 saturated heterocycles. The highest BCUT2D eigenvalue weighted by molar-refractivity contribution is 5.78. The van der Waals surface area contributed by atoms with E-state index >= 15 is 0 Å². The van der Waals surface area contributed by atoms with Gasteiger partial charge in [0.2, 0.25) is 5.95 Å². The molecule has 92 valence electrons. The number of hydrogen-bond acceptors (Lipinski definition) is 2. The smallest absolute Gasteiger partial charge is 0.203 e. The number of fused-ring (bicyclic) bond motifs is 1. The monoisotopic (exact) mass is 240 g/mol. The summed E-state index contributed by atoms with van der Waals surface area (Å²) in [6, 6.07) is 12.3. The van der Waals surface area contributed by atoms with E-state index in [0.29, 0.717) is 0 Å². The van der Waals surface area contributed by atoms with Gasteiger partial charge >= 0.3 is 0 Å². The van der Waals surface area contributed by atoms with Crippen molar-refractivity contribution in [2.24, 2.45) is 7.05 Å². The van der Waals surface area contributed by atoms with Gasteiger partial charge in [0.1, 0.15) is 0 Å². The van der Waals surface area contributed by atoms with Crippen LogP contribution in [0.1, 0.15) is 5.69 Å². The van der Waals surface area contributed by atoms with Crippen molar-refractivity contribution >= 4 is 17.0 Å². The first-order valence-electron chi connectivity index (χ1n) is 6.12. The Morgan fingerprint density at radius 3 is 2.89 bits per heavy atom. The molecule has 2 aromatic heterocycles. The summed E-state index contributed by atoms with van der Waals surface area (Å²) in [5.41, 5.74) is 3.42. The third-order valence-corrected chi connectivity index (χ3v) is 3.13. The van der Waals surface area contributed by atoms with Gasteiger partial charge in [0.25, 0.3) is 0 Å². The molecule has 4 heteroatoms. The molecule has 0 fully saturated rings. The predicted molar refractivity (Wildman–Crippen MR) is 73.7 cm³/mol. The zero-order valence-electron chi connectivity index (χ0n) is 10.4. The number of para-hydroxylation sites is 2. The van der Waals surface area contributed by atoms with Crippen molar-refractivity contribution in [3.05, 3.63) is 48.3 Å². The van der Waals surface area contributed by atoms with E-state index in [1.54, 1.807) is 0 Å². The second kappa shape index (κ2) is 4.56. The Morgan fingerprint density at radius 2 is 2.11 bits per heavy atom. The number of aromatic nitrogens is 3. The van der Waals surface area contributed by atoms with Crippen LogP contribution in [0.3, 0.4) is 0 Å². The van der Waals surface area contributed by atoms with Gasteiger partial charge in [-0.25, -0.2) is 4.98 Å². The van der Waals surface area contributed by atoms with Crippen LogP contribution < -0.4 is 5.32 Å². The number of nitrogens with one attached hydrogen (secondary N) is 2. The van der Waals surface area contributed by atoms with E-state index in [1.165, 1.54) is 5.69 Å². The fourth-order valence-electron chi connectivity index (χ4n) is 2.14. The Kier molecular flexibility index (Phi) is 2.76. The average Bonchev–Trinajstić information content (AvgIpc) is 3.00. The van der Waals surface area contributed by atoms with Crippen molar-refractivity contribution in [1.82, 2.24) is 14.5 Å². The number of imidazole rings is 1. The lowest BCUT2D eigenvalue weighted by molar-refractivity contribution is 0.902. The first-order chi connectivity index (χ1) is 8.84. The van der Waals surface area contributed by atoms with Crippen molar-refractivity contribution in [2.75, 3.05) is 11.9 Å². The van der Waals surface area contributed by atoms with Gasteiger partial charge in [-0.3, -0.25) is 0 Å². The Balaban J connectivity index is 1.73. The molecule has 0 spiro atoms. The molecule has 0 amide bonds. The summed E-state index contributed by atoms with van der Waals surface area (Å²) in [5, 5.41) is 3.37. The highest BCUT2D eigenvalue weighted by Crippen LogP contribution is 2.17. The summed E-state index contributed by atoms with van der Waals surface area (Å²) >= 11 is 0. The molecule has 0 radical (unpaired) electrons. The van der Waals surface area contributed by atoms with E-state index in [0.717, 1.165) is 29.9 Å². The van der Waals surface area contributed by atoms with E-state index in [-0.39, 0.29) is 0 Å². The molecule has 2 N–H and O–H groups in total. The molecular weight excluding hydrogens is 224 g/mol. The molecule has 1 aromatic carbocycles. The van der Waals surface area contributed by atoms with Crippen LogP contribution in [-0.2, 0) is 13.5 Å². The number of nitrogens with zero attached hydrogens (tertiary/aromatic N) is 2. The lowest BCUT2D eigenvalue weighted by atomic mass is 10.3. The van der Waals surface area contributed by atoms with Gasteiger partial charge in [-0.1, -0.05) is 12.1 Å². The summed E-state index contributed by atoms with van der Waals surface area (Å²) in [4.78, 5) is 7.77. The second-order valence-corrected chi connectivity index (χ2v) is 4.36. The van der Waals surface area contributed by atoms with E-state index in [1.807, 2.05) is 37.5 Å². The number of aromatic amines is 1. The van der Waals surface area contributed by atoms with Crippen LogP contribution in [0.4, 0.5) is 5.95 Å². The standard InChI is InChI=1S/C14H16N4/c1-18-13-7-3-2-6-12(13)17-14(18)16-10-8-11-5-4-9-15-11/h2-7,9,15H,8,10H2,1H3,(H,16,17). The molecule has 2 heterocycles. The number of aryl methyl sites for hydroxylation is 1. The molecule has 0 aliphatic heterocycles. The van der Waals surface area contributed by atoms with Crippen molar-refractivity contribution in [3.8, 4) is 0 Å². The fraction of sp³-hybridized carbons (Fsp3) is 0.214. The number of benzene rings is 1. The van der Waals surface area contributed by atoms with Gasteiger partial charge in [0, 0.05) is 31.9 Å². The van der Waals surface area contributed by atoms with E-state index in [2.05, 4.69) is 32.0 Å². The average molecular weight is 240 g/mol. The quantitative estimate of drug-likeness (QED) is 0.736. The van der Waals surface area contributed by atoms with Crippen LogP contribution in [0.5, 0.6) is 0 Å². The SMILES string of the molecule is Cn1c(NCCc2ccc[nH]2)nc2ccccc21. The topological polar surface area (TPSA) is 45.6 Å². The first kappa shape index (κ1) is 10.9. The molecule has 4 nitrogen and oxygen atoms in total. The number of anilines is 1. The minimum Gasteiger partial charge on any atom is -0.365 e. The Labute approximate surface area is 106 Å². The molecule has 0 atom stereocenters. The van der Waals surface area contributed by atoms with Crippen LogP contribution in [0.25, 0.3) is 11.0 Å². The maximum atomic E-state index is 4.57. The largest absolute Gasteiger partial charge is 0.365 e. The molecule has 3 aromatic rings. The maximum absolute atomic E-state index is 4.57. The second-order valence-electron chi connectivity index (χ2n) is 4.36. The summed E-state index contributed by atoms with van der Waals surface area (Å²) in [7, 11) is 2.03. The van der Waals surface area contributed by atoms with Crippen molar-refractivity contribution in [3.63, 3.8) is 0 Å². The minimum absolute atomic E-state index is 0.873. The van der Waals surface area contributed by atoms with Crippen molar-refractivity contribution < 1.29 is 0 Å². The van der Waals surface area contributed by atoms with Gasteiger partial charge in [0.15, 0.2) is 0 Å². The van der Waals surface area contributed by atoms with Gasteiger partial charge in [0.05, 0.1) is 11.0 Å². The molecule has 3 rings (SSSR count). The molecule has 18 heavy (non-hydrogen) atoms. The number of hydrogen-bond donors (Lipinski definition) is 2. The summed E-state index contributed by atoms with van der Waals surface area (Å²) < 4.78 is 2.09. The highest BCUT2D eigenvalue weighted by Gasteiger charge is 2.05. The third-order valence-electron chi connectivity index (χ3n) is 3.13. The zero-order chi connectivity index (χ0) is 12.4. The third kappa shape index (κ3) is 1.97. The first-order valence-corrected chi connectivity index (χ1v) is 6.12. The van der Waals surface area contributed by atoms with E-state index < -0.39 is 0 Å². The van der Waals surface area contributed by atoms with Gasteiger partial charge < -0.3 is 14.9 Å². The maximum Gasteiger partial charge on any atom is 0.203 e. The number of H-pyrrole nitrogens is 1. The molecule has 0 aliphatic carbocycles. The zero-order valence-corrected chi connectivity index (χ0v) is 10.4. The molecule has 0 unspecified atom stereocenters. The van der Waals surface area contributed by atoms with Crippen molar-refractivity contribution in [2.45, 2.75) is 6.42 Å².